The van der Waals surface area contributed by atoms with Gasteiger partial charge in [0.05, 0.1) is 0 Å². The SMILES string of the molecule is CN(C)C1(CNCc2cc(Cl)ccc2F)CCC1. The minimum atomic E-state index is -0.195. The van der Waals surface area contributed by atoms with Crippen molar-refractivity contribution in [3.63, 3.8) is 0 Å². The quantitative estimate of drug-likeness (QED) is 0.885. The lowest BCUT2D eigenvalue weighted by molar-refractivity contribution is 0.0597. The molecule has 0 heterocycles. The van der Waals surface area contributed by atoms with Crippen LogP contribution in [0.4, 0.5) is 4.39 Å². The van der Waals surface area contributed by atoms with Crippen molar-refractivity contribution in [2.45, 2.75) is 31.3 Å². The zero-order chi connectivity index (χ0) is 13.2. The molecule has 1 aliphatic rings. The summed E-state index contributed by atoms with van der Waals surface area (Å²) < 4.78 is 13.5. The maximum absolute atomic E-state index is 13.5. The Morgan fingerprint density at radius 2 is 2.11 bits per heavy atom. The third-order valence-corrected chi connectivity index (χ3v) is 4.25. The van der Waals surface area contributed by atoms with E-state index in [0.717, 1.165) is 6.54 Å². The lowest BCUT2D eigenvalue weighted by Crippen LogP contribution is -2.56. The Hall–Kier alpha value is -0.640. The summed E-state index contributed by atoms with van der Waals surface area (Å²) in [7, 11) is 4.22. The van der Waals surface area contributed by atoms with Crippen LogP contribution in [-0.2, 0) is 6.54 Å². The largest absolute Gasteiger partial charge is 0.311 e. The molecule has 0 saturated heterocycles. The van der Waals surface area contributed by atoms with Crippen molar-refractivity contribution in [2.24, 2.45) is 0 Å². The lowest BCUT2D eigenvalue weighted by Gasteiger charge is -2.47. The normalized spacial score (nSPS) is 17.8. The highest BCUT2D eigenvalue weighted by atomic mass is 35.5. The van der Waals surface area contributed by atoms with Crippen molar-refractivity contribution in [2.75, 3.05) is 20.6 Å². The van der Waals surface area contributed by atoms with Gasteiger partial charge in [-0.2, -0.15) is 0 Å². The molecule has 4 heteroatoms. The van der Waals surface area contributed by atoms with Gasteiger partial charge in [-0.3, -0.25) is 0 Å². The van der Waals surface area contributed by atoms with Crippen LogP contribution in [0.5, 0.6) is 0 Å². The summed E-state index contributed by atoms with van der Waals surface area (Å²) in [6, 6.07) is 4.69. The first-order valence-electron chi connectivity index (χ1n) is 6.36. The molecule has 0 unspecified atom stereocenters. The maximum atomic E-state index is 13.5. The van der Waals surface area contributed by atoms with Crippen LogP contribution in [0.2, 0.25) is 5.02 Å². The monoisotopic (exact) mass is 270 g/mol. The molecular formula is C14H20ClFN2. The van der Waals surface area contributed by atoms with Gasteiger partial charge in [0.25, 0.3) is 0 Å². The second-order valence-corrected chi connectivity index (χ2v) is 5.75. The first kappa shape index (κ1) is 13.8. The van der Waals surface area contributed by atoms with Gasteiger partial charge in [0.15, 0.2) is 0 Å². The van der Waals surface area contributed by atoms with Crippen LogP contribution in [-0.4, -0.2) is 31.1 Å². The Balaban J connectivity index is 1.90. The molecule has 0 aliphatic heterocycles. The maximum Gasteiger partial charge on any atom is 0.127 e. The first-order chi connectivity index (χ1) is 8.53. The molecular weight excluding hydrogens is 251 g/mol. The summed E-state index contributed by atoms with van der Waals surface area (Å²) in [4.78, 5) is 2.28. The standard InChI is InChI=1S/C14H20ClFN2/c1-18(2)14(6-3-7-14)10-17-9-11-8-12(15)4-5-13(11)16/h4-5,8,17H,3,6-7,9-10H2,1-2H3. The third kappa shape index (κ3) is 2.85. The molecule has 1 aromatic carbocycles. The highest BCUT2D eigenvalue weighted by Gasteiger charge is 2.38. The van der Waals surface area contributed by atoms with Gasteiger partial charge in [0.2, 0.25) is 0 Å². The number of halogens is 2. The van der Waals surface area contributed by atoms with Crippen molar-refractivity contribution in [3.05, 3.63) is 34.6 Å². The van der Waals surface area contributed by atoms with Crippen LogP contribution in [0.15, 0.2) is 18.2 Å². The smallest absolute Gasteiger partial charge is 0.127 e. The predicted octanol–water partition coefficient (Wildman–Crippen LogP) is 3.05. The molecule has 1 aliphatic carbocycles. The van der Waals surface area contributed by atoms with E-state index in [1.165, 1.54) is 25.3 Å². The predicted molar refractivity (Wildman–Crippen MR) is 73.4 cm³/mol. The molecule has 1 N–H and O–H groups in total. The molecule has 2 nitrogen and oxygen atoms in total. The van der Waals surface area contributed by atoms with E-state index in [4.69, 9.17) is 11.6 Å². The van der Waals surface area contributed by atoms with E-state index in [9.17, 15) is 4.39 Å². The van der Waals surface area contributed by atoms with Gasteiger partial charge < -0.3 is 10.2 Å². The van der Waals surface area contributed by atoms with E-state index < -0.39 is 0 Å². The van der Waals surface area contributed by atoms with Crippen molar-refractivity contribution in [3.8, 4) is 0 Å². The van der Waals surface area contributed by atoms with E-state index in [1.54, 1.807) is 12.1 Å². The zero-order valence-electron chi connectivity index (χ0n) is 11.0. The van der Waals surface area contributed by atoms with E-state index in [2.05, 4.69) is 24.3 Å². The van der Waals surface area contributed by atoms with E-state index >= 15 is 0 Å². The number of nitrogens with zero attached hydrogens (tertiary/aromatic N) is 1. The molecule has 2 rings (SSSR count). The molecule has 18 heavy (non-hydrogen) atoms. The summed E-state index contributed by atoms with van der Waals surface area (Å²) in [6.45, 7) is 1.42. The van der Waals surface area contributed by atoms with Crippen LogP contribution >= 0.6 is 11.6 Å². The number of hydrogen-bond acceptors (Lipinski definition) is 2. The average Bonchev–Trinajstić information content (AvgIpc) is 2.26. The van der Waals surface area contributed by atoms with Crippen molar-refractivity contribution in [1.29, 1.82) is 0 Å². The average molecular weight is 271 g/mol. The van der Waals surface area contributed by atoms with Gasteiger partial charge in [0, 0.05) is 29.2 Å². The van der Waals surface area contributed by atoms with Gasteiger partial charge in [0.1, 0.15) is 5.82 Å². The van der Waals surface area contributed by atoms with Crippen molar-refractivity contribution >= 4 is 11.6 Å². The van der Waals surface area contributed by atoms with Crippen molar-refractivity contribution < 1.29 is 4.39 Å². The van der Waals surface area contributed by atoms with E-state index in [-0.39, 0.29) is 11.4 Å². The van der Waals surface area contributed by atoms with Gasteiger partial charge in [-0.25, -0.2) is 4.39 Å². The van der Waals surface area contributed by atoms with Crippen LogP contribution < -0.4 is 5.32 Å². The second kappa shape index (κ2) is 5.55. The minimum Gasteiger partial charge on any atom is -0.311 e. The molecule has 1 saturated carbocycles. The number of rotatable bonds is 5. The highest BCUT2D eigenvalue weighted by molar-refractivity contribution is 6.30. The lowest BCUT2D eigenvalue weighted by atomic mass is 9.75. The summed E-state index contributed by atoms with van der Waals surface area (Å²) in [5.41, 5.74) is 0.894. The fourth-order valence-electron chi connectivity index (χ4n) is 2.48. The van der Waals surface area contributed by atoms with Gasteiger partial charge in [-0.05, 0) is 51.6 Å². The Morgan fingerprint density at radius 1 is 1.39 bits per heavy atom. The zero-order valence-corrected chi connectivity index (χ0v) is 11.7. The molecule has 0 spiro atoms. The van der Waals surface area contributed by atoms with Crippen molar-refractivity contribution in [1.82, 2.24) is 10.2 Å². The van der Waals surface area contributed by atoms with Crippen LogP contribution in [0.3, 0.4) is 0 Å². The Bertz CT molecular complexity index is 416. The Morgan fingerprint density at radius 3 is 2.67 bits per heavy atom. The second-order valence-electron chi connectivity index (χ2n) is 5.31. The molecule has 100 valence electrons. The van der Waals surface area contributed by atoms with E-state index in [1.807, 2.05) is 0 Å². The molecule has 0 aromatic heterocycles. The van der Waals surface area contributed by atoms with Crippen LogP contribution in [0, 0.1) is 5.82 Å². The Kier molecular flexibility index (Phi) is 4.25. The molecule has 0 bridgehead atoms. The van der Waals surface area contributed by atoms with Gasteiger partial charge in [-0.1, -0.05) is 11.6 Å². The number of nitrogens with one attached hydrogen (secondary N) is 1. The summed E-state index contributed by atoms with van der Waals surface area (Å²) in [5.74, 6) is -0.195. The third-order valence-electron chi connectivity index (χ3n) is 4.01. The van der Waals surface area contributed by atoms with Gasteiger partial charge in [-0.15, -0.1) is 0 Å². The molecule has 0 radical (unpaired) electrons. The number of hydrogen-bond donors (Lipinski definition) is 1. The fraction of sp³-hybridized carbons (Fsp3) is 0.571. The molecule has 1 aromatic rings. The summed E-state index contributed by atoms with van der Waals surface area (Å²) >= 11 is 5.87. The topological polar surface area (TPSA) is 15.3 Å². The number of benzene rings is 1. The van der Waals surface area contributed by atoms with Crippen LogP contribution in [0.1, 0.15) is 24.8 Å². The summed E-state index contributed by atoms with van der Waals surface area (Å²) in [5, 5.41) is 3.94. The van der Waals surface area contributed by atoms with E-state index in [0.29, 0.717) is 17.1 Å². The fourth-order valence-corrected chi connectivity index (χ4v) is 2.67. The molecule has 0 amide bonds. The highest BCUT2D eigenvalue weighted by Crippen LogP contribution is 2.35. The molecule has 0 atom stereocenters. The first-order valence-corrected chi connectivity index (χ1v) is 6.73. The van der Waals surface area contributed by atoms with Gasteiger partial charge >= 0.3 is 0 Å². The molecule has 1 fully saturated rings. The minimum absolute atomic E-state index is 0.195. The Labute approximate surface area is 113 Å². The summed E-state index contributed by atoms with van der Waals surface area (Å²) in [6.07, 6.45) is 3.71. The van der Waals surface area contributed by atoms with Crippen LogP contribution in [0.25, 0.3) is 0 Å². The number of likely N-dealkylation sites (N-methyl/N-ethyl adjacent to an activating group) is 1.